The molecule has 3 N–H and O–H groups in total. The summed E-state index contributed by atoms with van der Waals surface area (Å²) in [6.45, 7) is 4.95. The number of nitrogens with one attached hydrogen (secondary N) is 1. The van der Waals surface area contributed by atoms with Crippen molar-refractivity contribution >= 4 is 11.9 Å². The highest BCUT2D eigenvalue weighted by Crippen LogP contribution is 2.20. The molecule has 2 atom stereocenters. The lowest BCUT2D eigenvalue weighted by Gasteiger charge is -2.22. The Labute approximate surface area is 513 Å². The van der Waals surface area contributed by atoms with E-state index in [0.717, 1.165) is 51.4 Å². The number of allylic oxidation sites excluding steroid dienone is 4. The van der Waals surface area contributed by atoms with Crippen LogP contribution in [0.5, 0.6) is 0 Å². The molecule has 0 saturated carbocycles. The van der Waals surface area contributed by atoms with E-state index in [0.29, 0.717) is 25.9 Å². The van der Waals surface area contributed by atoms with Crippen LogP contribution in [0.2, 0.25) is 0 Å². The van der Waals surface area contributed by atoms with Crippen LogP contribution >= 0.6 is 0 Å². The summed E-state index contributed by atoms with van der Waals surface area (Å²) in [7, 11) is 0. The van der Waals surface area contributed by atoms with E-state index in [9.17, 15) is 19.8 Å². The Balaban J connectivity index is 3.36. The molecule has 0 fully saturated rings. The van der Waals surface area contributed by atoms with E-state index in [1.165, 1.54) is 340 Å². The van der Waals surface area contributed by atoms with Gasteiger partial charge in [0.15, 0.2) is 0 Å². The van der Waals surface area contributed by atoms with Gasteiger partial charge in [0.05, 0.1) is 25.4 Å². The molecule has 6 heteroatoms. The van der Waals surface area contributed by atoms with E-state index < -0.39 is 12.1 Å². The van der Waals surface area contributed by atoms with Crippen LogP contribution in [0.25, 0.3) is 0 Å². The molecule has 0 heterocycles. The van der Waals surface area contributed by atoms with Gasteiger partial charge in [-0.25, -0.2) is 0 Å². The average molecular weight is 1160 g/mol. The van der Waals surface area contributed by atoms with Gasteiger partial charge in [0.2, 0.25) is 5.91 Å². The Bertz CT molecular complexity index is 1280. The molecule has 1 amide bonds. The normalized spacial score (nSPS) is 12.6. The predicted molar refractivity (Wildman–Crippen MR) is 361 cm³/mol. The molecule has 0 saturated heterocycles. The monoisotopic (exact) mass is 1150 g/mol. The van der Waals surface area contributed by atoms with Crippen LogP contribution in [-0.2, 0) is 14.3 Å². The highest BCUT2D eigenvalue weighted by atomic mass is 16.5. The van der Waals surface area contributed by atoms with Crippen LogP contribution in [0.1, 0.15) is 425 Å². The number of carbonyl (C=O) groups excluding carboxylic acids is 2. The van der Waals surface area contributed by atoms with Gasteiger partial charge in [-0.1, -0.05) is 385 Å². The second kappa shape index (κ2) is 71.8. The molecule has 2 unspecified atom stereocenters. The minimum atomic E-state index is -0.664. The van der Waals surface area contributed by atoms with Crippen molar-refractivity contribution in [1.82, 2.24) is 5.32 Å². The van der Waals surface area contributed by atoms with Gasteiger partial charge >= 0.3 is 5.97 Å². The topological polar surface area (TPSA) is 95.9 Å². The van der Waals surface area contributed by atoms with Crippen LogP contribution in [0, 0.1) is 0 Å². The Morgan fingerprint density at radius 2 is 0.622 bits per heavy atom. The number of amides is 1. The third-order valence-electron chi connectivity index (χ3n) is 17.8. The zero-order chi connectivity index (χ0) is 59.2. The number of rotatable bonds is 71. The number of ether oxygens (including phenoxy) is 1. The number of unbranched alkanes of at least 4 members (excludes halogenated alkanes) is 56. The number of hydrogen-bond acceptors (Lipinski definition) is 5. The standard InChI is InChI=1S/C76H147NO5/c1-3-5-7-9-11-13-15-17-19-20-21-22-23-26-29-32-35-38-41-44-48-52-56-60-64-68-74(79)73(72-78)77-75(80)69-65-61-57-53-49-45-42-39-36-33-30-27-24-25-28-31-34-37-40-43-47-51-55-59-63-67-71-82-76(81)70-66-62-58-54-50-46-18-16-14-12-10-8-6-4-2/h10,12,16,18,73-74,78-79H,3-9,11,13-15,17,19-72H2,1-2H3,(H,77,80)/b12-10-,18-16-. The van der Waals surface area contributed by atoms with E-state index in [-0.39, 0.29) is 18.5 Å². The molecular formula is C76H147NO5. The van der Waals surface area contributed by atoms with Gasteiger partial charge in [-0.2, -0.15) is 0 Å². The number of aliphatic hydroxyl groups is 2. The summed E-state index contributed by atoms with van der Waals surface area (Å²) in [4.78, 5) is 24.6. The maximum atomic E-state index is 12.6. The lowest BCUT2D eigenvalue weighted by molar-refractivity contribution is -0.143. The molecule has 0 aromatic carbocycles. The molecule has 6 nitrogen and oxygen atoms in total. The van der Waals surface area contributed by atoms with Crippen LogP contribution in [0.15, 0.2) is 24.3 Å². The lowest BCUT2D eigenvalue weighted by atomic mass is 10.0. The zero-order valence-electron chi connectivity index (χ0n) is 55.8. The molecule has 0 aromatic heterocycles. The fourth-order valence-electron chi connectivity index (χ4n) is 12.0. The van der Waals surface area contributed by atoms with Gasteiger partial charge < -0.3 is 20.3 Å². The number of hydrogen-bond donors (Lipinski definition) is 3. The molecule has 0 aliphatic rings. The Kier molecular flexibility index (Phi) is 70.4. The van der Waals surface area contributed by atoms with E-state index in [2.05, 4.69) is 43.5 Å². The van der Waals surface area contributed by atoms with Gasteiger partial charge in [0.25, 0.3) is 0 Å². The van der Waals surface area contributed by atoms with E-state index in [1.807, 2.05) is 0 Å². The van der Waals surface area contributed by atoms with Crippen molar-refractivity contribution in [3.8, 4) is 0 Å². The Morgan fingerprint density at radius 3 is 0.963 bits per heavy atom. The first-order valence-electron chi connectivity index (χ1n) is 37.6. The SMILES string of the molecule is CCCC/C=C\C/C=C\CCCCCCCC(=O)OCCCCCCCCCCCCCCCCCCCCCCCCCCCCC(=O)NC(CO)C(O)CCCCCCCCCCCCCCCCCCCCCCCCCCC. The second-order valence-corrected chi connectivity index (χ2v) is 26.0. The van der Waals surface area contributed by atoms with Gasteiger partial charge in [-0.15, -0.1) is 0 Å². The number of esters is 1. The molecule has 0 aliphatic carbocycles. The smallest absolute Gasteiger partial charge is 0.305 e. The second-order valence-electron chi connectivity index (χ2n) is 26.0. The van der Waals surface area contributed by atoms with Crippen molar-refractivity contribution in [2.75, 3.05) is 13.2 Å². The third kappa shape index (κ3) is 67.5. The van der Waals surface area contributed by atoms with Crippen molar-refractivity contribution in [2.24, 2.45) is 0 Å². The van der Waals surface area contributed by atoms with Crippen LogP contribution in [-0.4, -0.2) is 47.4 Å². The summed E-state index contributed by atoms with van der Waals surface area (Å²) in [6, 6.07) is -0.541. The molecule has 0 spiro atoms. The first-order valence-corrected chi connectivity index (χ1v) is 37.6. The van der Waals surface area contributed by atoms with Crippen LogP contribution in [0.3, 0.4) is 0 Å². The lowest BCUT2D eigenvalue weighted by Crippen LogP contribution is -2.45. The van der Waals surface area contributed by atoms with E-state index >= 15 is 0 Å². The summed E-state index contributed by atoms with van der Waals surface area (Å²) in [5, 5.41) is 23.5. The summed E-state index contributed by atoms with van der Waals surface area (Å²) >= 11 is 0. The molecule has 0 aromatic rings. The van der Waals surface area contributed by atoms with Crippen LogP contribution in [0.4, 0.5) is 0 Å². The first kappa shape index (κ1) is 80.3. The minimum Gasteiger partial charge on any atom is -0.466 e. The summed E-state index contributed by atoms with van der Waals surface area (Å²) in [6.07, 6.45) is 91.0. The third-order valence-corrected chi connectivity index (χ3v) is 17.8. The molecule has 82 heavy (non-hydrogen) atoms. The zero-order valence-corrected chi connectivity index (χ0v) is 55.8. The van der Waals surface area contributed by atoms with Crippen molar-refractivity contribution in [2.45, 2.75) is 437 Å². The maximum Gasteiger partial charge on any atom is 0.305 e. The highest BCUT2D eigenvalue weighted by Gasteiger charge is 2.20. The molecule has 0 aliphatic heterocycles. The fraction of sp³-hybridized carbons (Fsp3) is 0.921. The fourth-order valence-corrected chi connectivity index (χ4v) is 12.0. The van der Waals surface area contributed by atoms with Gasteiger partial charge in [-0.3, -0.25) is 9.59 Å². The summed E-state index contributed by atoms with van der Waals surface area (Å²) in [5.74, 6) is -0.0237. The molecule has 0 radical (unpaired) electrons. The molecule has 486 valence electrons. The Morgan fingerprint density at radius 1 is 0.341 bits per heavy atom. The highest BCUT2D eigenvalue weighted by molar-refractivity contribution is 5.76. The van der Waals surface area contributed by atoms with Gasteiger partial charge in [0, 0.05) is 12.8 Å². The van der Waals surface area contributed by atoms with Crippen LogP contribution < -0.4 is 5.32 Å². The maximum absolute atomic E-state index is 12.6. The minimum absolute atomic E-state index is 0.00362. The van der Waals surface area contributed by atoms with Crippen molar-refractivity contribution < 1.29 is 24.5 Å². The van der Waals surface area contributed by atoms with Crippen molar-refractivity contribution in [3.63, 3.8) is 0 Å². The quantitative estimate of drug-likeness (QED) is 0.0320. The van der Waals surface area contributed by atoms with Gasteiger partial charge in [-0.05, 0) is 51.4 Å². The van der Waals surface area contributed by atoms with Crippen molar-refractivity contribution in [3.05, 3.63) is 24.3 Å². The number of aliphatic hydroxyl groups excluding tert-OH is 2. The molecule has 0 rings (SSSR count). The largest absolute Gasteiger partial charge is 0.466 e. The molecular weight excluding hydrogens is 1010 g/mol. The summed E-state index contributed by atoms with van der Waals surface area (Å²) in [5.41, 5.74) is 0. The summed E-state index contributed by atoms with van der Waals surface area (Å²) < 4.78 is 5.48. The predicted octanol–water partition coefficient (Wildman–Crippen LogP) is 24.5. The van der Waals surface area contributed by atoms with E-state index in [4.69, 9.17) is 4.74 Å². The van der Waals surface area contributed by atoms with Gasteiger partial charge in [0.1, 0.15) is 0 Å². The van der Waals surface area contributed by atoms with E-state index in [1.54, 1.807) is 0 Å². The average Bonchev–Trinajstić information content (AvgIpc) is 3.48. The Hall–Kier alpha value is -1.66. The number of carbonyl (C=O) groups is 2. The van der Waals surface area contributed by atoms with Crippen molar-refractivity contribution in [1.29, 1.82) is 0 Å². The molecule has 0 bridgehead atoms. The first-order chi connectivity index (χ1) is 40.5.